The van der Waals surface area contributed by atoms with Crippen molar-refractivity contribution in [1.29, 1.82) is 0 Å². The molecule has 5 nitrogen and oxygen atoms in total. The molecule has 0 bridgehead atoms. The predicted octanol–water partition coefficient (Wildman–Crippen LogP) is 3.21. The molecule has 0 spiro atoms. The molecule has 1 unspecified atom stereocenters. The second-order valence-corrected chi connectivity index (χ2v) is 5.87. The van der Waals surface area contributed by atoms with Gasteiger partial charge in [0.25, 0.3) is 0 Å². The van der Waals surface area contributed by atoms with Gasteiger partial charge in [0, 0.05) is 16.1 Å². The summed E-state index contributed by atoms with van der Waals surface area (Å²) < 4.78 is 16.0. The highest BCUT2D eigenvalue weighted by Crippen LogP contribution is 2.31. The summed E-state index contributed by atoms with van der Waals surface area (Å²) in [5.74, 6) is 0.448. The lowest BCUT2D eigenvalue weighted by atomic mass is 10.00. The molecule has 1 N–H and O–H groups in total. The van der Waals surface area contributed by atoms with Crippen LogP contribution in [0.15, 0.2) is 47.5 Å². The van der Waals surface area contributed by atoms with Gasteiger partial charge in [-0.3, -0.25) is 4.57 Å². The van der Waals surface area contributed by atoms with Gasteiger partial charge in [-0.15, -0.1) is 10.2 Å². The van der Waals surface area contributed by atoms with Crippen LogP contribution in [-0.2, 0) is 0 Å². The topological polar surface area (TPSA) is 63.3 Å². The highest BCUT2D eigenvalue weighted by Gasteiger charge is 2.27. The zero-order valence-corrected chi connectivity index (χ0v) is 13.4. The molecule has 0 saturated heterocycles. The Morgan fingerprint density at radius 1 is 1.12 bits per heavy atom. The number of rotatable bonds is 1. The van der Waals surface area contributed by atoms with Gasteiger partial charge in [-0.2, -0.15) is 0 Å². The Morgan fingerprint density at radius 3 is 2.71 bits per heavy atom. The molecule has 24 heavy (non-hydrogen) atoms. The van der Waals surface area contributed by atoms with Gasteiger partial charge in [-0.05, 0) is 37.3 Å². The van der Waals surface area contributed by atoms with E-state index in [1.54, 1.807) is 47.9 Å². The standard InChI is InChI=1S/C17H12ClFN4O/c1-9-21-22-16-17(24)20-15(11-4-2-3-5-13(11)19)12-8-10(18)6-7-14(12)23(9)16/h2-8,17,24H,1H3. The predicted molar refractivity (Wildman–Crippen MR) is 88.1 cm³/mol. The summed E-state index contributed by atoms with van der Waals surface area (Å²) in [5, 5.41) is 18.9. The van der Waals surface area contributed by atoms with E-state index in [-0.39, 0.29) is 11.4 Å². The molecular formula is C17H12ClFN4O. The first-order valence-corrected chi connectivity index (χ1v) is 7.67. The molecule has 0 radical (unpaired) electrons. The minimum absolute atomic E-state index is 0.280. The fourth-order valence-corrected chi connectivity index (χ4v) is 3.03. The molecule has 0 fully saturated rings. The molecule has 120 valence electrons. The van der Waals surface area contributed by atoms with Gasteiger partial charge >= 0.3 is 0 Å². The molecule has 3 aromatic rings. The van der Waals surface area contributed by atoms with Gasteiger partial charge in [0.2, 0.25) is 6.23 Å². The Kier molecular flexibility index (Phi) is 3.44. The second kappa shape index (κ2) is 5.51. The lowest BCUT2D eigenvalue weighted by Gasteiger charge is -2.13. The molecule has 4 rings (SSSR count). The normalized spacial score (nSPS) is 16.2. The third-order valence-corrected chi connectivity index (χ3v) is 4.15. The van der Waals surface area contributed by atoms with Crippen molar-refractivity contribution in [2.45, 2.75) is 13.2 Å². The van der Waals surface area contributed by atoms with Crippen LogP contribution in [0.2, 0.25) is 5.02 Å². The summed E-state index contributed by atoms with van der Waals surface area (Å²) in [7, 11) is 0. The van der Waals surface area contributed by atoms with E-state index in [0.717, 1.165) is 0 Å². The Morgan fingerprint density at radius 2 is 1.92 bits per heavy atom. The maximum Gasteiger partial charge on any atom is 0.207 e. The summed E-state index contributed by atoms with van der Waals surface area (Å²) in [6, 6.07) is 11.5. The van der Waals surface area contributed by atoms with E-state index in [0.29, 0.717) is 27.8 Å². The summed E-state index contributed by atoms with van der Waals surface area (Å²) in [4.78, 5) is 4.29. The van der Waals surface area contributed by atoms with E-state index in [1.165, 1.54) is 6.07 Å². The molecule has 1 aromatic heterocycles. The zero-order chi connectivity index (χ0) is 16.8. The number of aliphatic imine (C=N–C) groups is 1. The van der Waals surface area contributed by atoms with Crippen molar-refractivity contribution in [3.8, 4) is 5.69 Å². The van der Waals surface area contributed by atoms with E-state index in [1.807, 2.05) is 0 Å². The number of benzene rings is 2. The van der Waals surface area contributed by atoms with Gasteiger partial charge in [-0.25, -0.2) is 9.38 Å². The van der Waals surface area contributed by atoms with Crippen molar-refractivity contribution in [2.75, 3.05) is 0 Å². The van der Waals surface area contributed by atoms with Crippen molar-refractivity contribution < 1.29 is 9.50 Å². The van der Waals surface area contributed by atoms with E-state index < -0.39 is 12.0 Å². The van der Waals surface area contributed by atoms with Gasteiger partial charge in [-0.1, -0.05) is 23.7 Å². The first-order valence-electron chi connectivity index (χ1n) is 7.29. The average molecular weight is 343 g/mol. The maximum atomic E-state index is 14.3. The summed E-state index contributed by atoms with van der Waals surface area (Å²) in [6.45, 7) is 1.77. The number of hydrogen-bond acceptors (Lipinski definition) is 4. The van der Waals surface area contributed by atoms with Crippen LogP contribution in [0.5, 0.6) is 0 Å². The number of aliphatic hydroxyl groups excluding tert-OH is 1. The summed E-state index contributed by atoms with van der Waals surface area (Å²) in [6.07, 6.45) is -1.26. The van der Waals surface area contributed by atoms with Crippen molar-refractivity contribution in [3.05, 3.63) is 76.1 Å². The first-order chi connectivity index (χ1) is 11.6. The fourth-order valence-electron chi connectivity index (χ4n) is 2.85. The third kappa shape index (κ3) is 2.23. The first kappa shape index (κ1) is 15.0. The van der Waals surface area contributed by atoms with Crippen molar-refractivity contribution in [2.24, 2.45) is 4.99 Å². The van der Waals surface area contributed by atoms with E-state index in [4.69, 9.17) is 11.6 Å². The second-order valence-electron chi connectivity index (χ2n) is 5.43. The molecule has 0 amide bonds. The van der Waals surface area contributed by atoms with Crippen LogP contribution in [0, 0.1) is 12.7 Å². The van der Waals surface area contributed by atoms with E-state index >= 15 is 0 Å². The smallest absolute Gasteiger partial charge is 0.207 e. The number of hydrogen-bond donors (Lipinski definition) is 1. The lowest BCUT2D eigenvalue weighted by Crippen LogP contribution is -2.09. The zero-order valence-electron chi connectivity index (χ0n) is 12.6. The molecule has 1 aliphatic rings. The van der Waals surface area contributed by atoms with Crippen molar-refractivity contribution in [3.63, 3.8) is 0 Å². The monoisotopic (exact) mass is 342 g/mol. The van der Waals surface area contributed by atoms with E-state index in [9.17, 15) is 9.50 Å². The Balaban J connectivity index is 2.07. The minimum atomic E-state index is -1.26. The van der Waals surface area contributed by atoms with Crippen molar-refractivity contribution >= 4 is 17.3 Å². The molecular weight excluding hydrogens is 331 g/mol. The lowest BCUT2D eigenvalue weighted by molar-refractivity contribution is 0.177. The fraction of sp³-hybridized carbons (Fsp3) is 0.118. The van der Waals surface area contributed by atoms with Crippen LogP contribution < -0.4 is 0 Å². The van der Waals surface area contributed by atoms with E-state index in [2.05, 4.69) is 15.2 Å². The highest BCUT2D eigenvalue weighted by atomic mass is 35.5. The molecule has 2 aromatic carbocycles. The molecule has 7 heteroatoms. The van der Waals surface area contributed by atoms with Crippen LogP contribution in [-0.4, -0.2) is 25.6 Å². The van der Waals surface area contributed by atoms with Gasteiger partial charge in [0.05, 0.1) is 11.4 Å². The number of aryl methyl sites for hydroxylation is 1. The number of halogens is 2. The van der Waals surface area contributed by atoms with Crippen LogP contribution in [0.25, 0.3) is 5.69 Å². The maximum absolute atomic E-state index is 14.3. The van der Waals surface area contributed by atoms with Crippen molar-refractivity contribution in [1.82, 2.24) is 14.8 Å². The van der Waals surface area contributed by atoms with Crippen LogP contribution in [0.4, 0.5) is 4.39 Å². The number of nitrogens with zero attached hydrogens (tertiary/aromatic N) is 4. The molecule has 0 saturated carbocycles. The highest BCUT2D eigenvalue weighted by molar-refractivity contribution is 6.31. The largest absolute Gasteiger partial charge is 0.365 e. The molecule has 1 atom stereocenters. The third-order valence-electron chi connectivity index (χ3n) is 3.92. The van der Waals surface area contributed by atoms with Crippen LogP contribution in [0.1, 0.15) is 29.0 Å². The van der Waals surface area contributed by atoms with Gasteiger partial charge in [0.15, 0.2) is 5.82 Å². The number of aromatic nitrogens is 3. The number of aliphatic hydroxyl groups is 1. The number of fused-ring (bicyclic) bond motifs is 3. The quantitative estimate of drug-likeness (QED) is 0.738. The Hall–Kier alpha value is -2.57. The van der Waals surface area contributed by atoms with Crippen LogP contribution in [0.3, 0.4) is 0 Å². The summed E-state index contributed by atoms with van der Waals surface area (Å²) in [5.41, 5.74) is 1.91. The molecule has 0 aliphatic carbocycles. The SMILES string of the molecule is Cc1nnc2n1-c1ccc(Cl)cc1C(c1ccccc1F)=NC2O. The summed E-state index contributed by atoms with van der Waals surface area (Å²) >= 11 is 6.15. The van der Waals surface area contributed by atoms with Gasteiger partial charge in [0.1, 0.15) is 11.6 Å². The molecule has 1 aliphatic heterocycles. The van der Waals surface area contributed by atoms with Crippen LogP contribution >= 0.6 is 11.6 Å². The molecule has 2 heterocycles. The average Bonchev–Trinajstić information content (AvgIpc) is 2.89. The Bertz CT molecular complexity index is 982. The Labute approximate surface area is 142 Å². The minimum Gasteiger partial charge on any atom is -0.365 e. The van der Waals surface area contributed by atoms with Gasteiger partial charge < -0.3 is 5.11 Å².